The number of hydrogen-bond acceptors (Lipinski definition) is 5. The Kier molecular flexibility index (Phi) is 11.3. The molecule has 0 radical (unpaired) electrons. The molecule has 1 aromatic heterocycles. The van der Waals surface area contributed by atoms with E-state index in [1.165, 1.54) is 18.4 Å². The van der Waals surface area contributed by atoms with Crippen LogP contribution in [-0.2, 0) is 9.59 Å². The molecule has 2 aromatic carbocycles. The molecule has 1 heterocycles. The predicted octanol–water partition coefficient (Wildman–Crippen LogP) is 5.63. The lowest BCUT2D eigenvalue weighted by Crippen LogP contribution is -2.29. The maximum absolute atomic E-state index is 9.55. The number of fused-ring (bicyclic) bond motifs is 1. The van der Waals surface area contributed by atoms with Crippen LogP contribution in [0.5, 0.6) is 5.75 Å². The van der Waals surface area contributed by atoms with Gasteiger partial charge in [0.1, 0.15) is 5.75 Å². The van der Waals surface area contributed by atoms with Crippen molar-refractivity contribution in [2.75, 3.05) is 13.1 Å². The number of nitrogens with one attached hydrogen (secondary N) is 1. The van der Waals surface area contributed by atoms with E-state index in [4.69, 9.17) is 15.1 Å². The number of aromatic amines is 1. The summed E-state index contributed by atoms with van der Waals surface area (Å²) >= 11 is 3.52. The van der Waals surface area contributed by atoms with Crippen molar-refractivity contribution in [2.45, 2.75) is 39.0 Å². The highest BCUT2D eigenvalue weighted by Crippen LogP contribution is 2.27. The number of hydrogen-bond donors (Lipinski definition) is 3. The molecule has 34 heavy (non-hydrogen) atoms. The minimum absolute atomic E-state index is 0.556. The van der Waals surface area contributed by atoms with E-state index in [-0.39, 0.29) is 0 Å². The van der Waals surface area contributed by atoms with E-state index >= 15 is 0 Å². The molecule has 182 valence electrons. The van der Waals surface area contributed by atoms with Crippen LogP contribution >= 0.6 is 15.9 Å². The van der Waals surface area contributed by atoms with E-state index < -0.39 is 11.9 Å². The lowest BCUT2D eigenvalue weighted by atomic mass is 9.91. The Labute approximate surface area is 207 Å². The van der Waals surface area contributed by atoms with E-state index in [1.54, 1.807) is 0 Å². The number of carboxylic acids is 2. The highest BCUT2D eigenvalue weighted by molar-refractivity contribution is 9.10. The van der Waals surface area contributed by atoms with Crippen molar-refractivity contribution in [1.82, 2.24) is 15.3 Å². The minimum atomic E-state index is -1.26. The van der Waals surface area contributed by atoms with Crippen molar-refractivity contribution in [3.05, 3.63) is 70.8 Å². The molecule has 8 nitrogen and oxygen atoms in total. The van der Waals surface area contributed by atoms with Gasteiger partial charge < -0.3 is 15.1 Å². The van der Waals surface area contributed by atoms with Crippen molar-refractivity contribution in [3.63, 3.8) is 0 Å². The number of hydroxylamine groups is 2. The Morgan fingerprint density at radius 3 is 2.35 bits per heavy atom. The fraction of sp³-hybridized carbons (Fsp3) is 0.320. The Hall–Kier alpha value is -3.17. The van der Waals surface area contributed by atoms with Crippen LogP contribution in [0.2, 0.25) is 0 Å². The molecule has 1 unspecified atom stereocenters. The highest BCUT2D eigenvalue weighted by Gasteiger charge is 2.14. The number of aliphatic carboxylic acids is 2. The number of carboxylic acid groups (broad SMARTS) is 2. The Morgan fingerprint density at radius 2 is 1.76 bits per heavy atom. The average Bonchev–Trinajstić information content (AvgIpc) is 3.28. The quantitative estimate of drug-likeness (QED) is 0.217. The molecular weight excluding hydrogens is 502 g/mol. The first kappa shape index (κ1) is 27.1. The molecule has 0 bridgehead atoms. The summed E-state index contributed by atoms with van der Waals surface area (Å²) in [5.74, 6) is -1.11. The molecule has 3 rings (SSSR count). The standard InChI is InChI=1S/C21H26BrN3O.C4H4O4/c1-3-5-16(17-6-9-19(22)10-7-17)12-13-25(4-2)26-20-11-8-18-15-23-24-21(18)14-20;5-3(6)1-2-4(7)8/h6-11,14-16H,3-5,12-13H2,1-2H3,(H,23,24);1-2H,(H,5,6)(H,7,8). The van der Waals surface area contributed by atoms with Gasteiger partial charge in [-0.1, -0.05) is 41.4 Å². The lowest BCUT2D eigenvalue weighted by molar-refractivity contribution is -0.134. The van der Waals surface area contributed by atoms with Crippen molar-refractivity contribution in [2.24, 2.45) is 0 Å². The van der Waals surface area contributed by atoms with Gasteiger partial charge in [-0.2, -0.15) is 5.10 Å². The third kappa shape index (κ3) is 9.36. The van der Waals surface area contributed by atoms with Gasteiger partial charge in [-0.05, 0) is 55.5 Å². The van der Waals surface area contributed by atoms with Gasteiger partial charge in [0.25, 0.3) is 0 Å². The second kappa shape index (κ2) is 14.2. The van der Waals surface area contributed by atoms with Crippen LogP contribution in [0.1, 0.15) is 44.6 Å². The van der Waals surface area contributed by atoms with E-state index in [1.807, 2.05) is 29.5 Å². The van der Waals surface area contributed by atoms with Crippen molar-refractivity contribution < 1.29 is 24.6 Å². The molecular formula is C25H30BrN3O5. The molecule has 9 heteroatoms. The second-order valence-corrected chi connectivity index (χ2v) is 8.48. The zero-order valence-corrected chi connectivity index (χ0v) is 20.9. The summed E-state index contributed by atoms with van der Waals surface area (Å²) in [6.45, 7) is 6.13. The van der Waals surface area contributed by atoms with Gasteiger partial charge in [-0.15, -0.1) is 5.06 Å². The van der Waals surface area contributed by atoms with Gasteiger partial charge in [-0.3, -0.25) is 5.10 Å². The maximum atomic E-state index is 9.55. The van der Waals surface area contributed by atoms with E-state index in [2.05, 4.69) is 64.2 Å². The van der Waals surface area contributed by atoms with Gasteiger partial charge in [0.05, 0.1) is 11.7 Å². The predicted molar refractivity (Wildman–Crippen MR) is 135 cm³/mol. The smallest absolute Gasteiger partial charge is 0.328 e. The van der Waals surface area contributed by atoms with Gasteiger partial charge in [0, 0.05) is 41.2 Å². The molecule has 0 fully saturated rings. The van der Waals surface area contributed by atoms with Gasteiger partial charge in [-0.25, -0.2) is 9.59 Å². The van der Waals surface area contributed by atoms with Crippen LogP contribution in [0.25, 0.3) is 10.9 Å². The number of benzene rings is 2. The molecule has 0 saturated heterocycles. The van der Waals surface area contributed by atoms with Crippen LogP contribution in [0.3, 0.4) is 0 Å². The molecule has 3 aromatic rings. The number of H-pyrrole nitrogens is 1. The monoisotopic (exact) mass is 531 g/mol. The van der Waals surface area contributed by atoms with E-state index in [0.717, 1.165) is 40.6 Å². The molecule has 0 saturated carbocycles. The normalized spacial score (nSPS) is 11.9. The first-order valence-corrected chi connectivity index (χ1v) is 11.9. The third-order valence-corrected chi connectivity index (χ3v) is 5.60. The van der Waals surface area contributed by atoms with Crippen molar-refractivity contribution >= 4 is 38.8 Å². The Bertz CT molecular complexity index is 1070. The zero-order valence-electron chi connectivity index (χ0n) is 19.3. The summed E-state index contributed by atoms with van der Waals surface area (Å²) in [6, 6.07) is 14.8. The molecule has 0 spiro atoms. The fourth-order valence-corrected chi connectivity index (χ4v) is 3.66. The van der Waals surface area contributed by atoms with Gasteiger partial charge >= 0.3 is 11.9 Å². The first-order chi connectivity index (χ1) is 16.3. The van der Waals surface area contributed by atoms with Crippen molar-refractivity contribution in [1.29, 1.82) is 0 Å². The number of aromatic nitrogens is 2. The summed E-state index contributed by atoms with van der Waals surface area (Å²) in [4.78, 5) is 25.2. The Morgan fingerprint density at radius 1 is 1.09 bits per heavy atom. The number of carbonyl (C=O) groups is 2. The largest absolute Gasteiger partial charge is 0.478 e. The molecule has 0 aliphatic carbocycles. The summed E-state index contributed by atoms with van der Waals surface area (Å²) in [5, 5.41) is 25.8. The molecule has 0 amide bonds. The van der Waals surface area contributed by atoms with Gasteiger partial charge in [0.2, 0.25) is 0 Å². The maximum Gasteiger partial charge on any atom is 0.328 e. The summed E-state index contributed by atoms with van der Waals surface area (Å²) < 4.78 is 1.13. The topological polar surface area (TPSA) is 116 Å². The molecule has 3 N–H and O–H groups in total. The van der Waals surface area contributed by atoms with Crippen LogP contribution in [-0.4, -0.2) is 50.5 Å². The first-order valence-electron chi connectivity index (χ1n) is 11.1. The Balaban J connectivity index is 0.000000440. The number of rotatable bonds is 11. The zero-order chi connectivity index (χ0) is 24.9. The van der Waals surface area contributed by atoms with Crippen LogP contribution in [0.4, 0.5) is 0 Å². The minimum Gasteiger partial charge on any atom is -0.478 e. The fourth-order valence-electron chi connectivity index (χ4n) is 3.39. The number of halogens is 1. The van der Waals surface area contributed by atoms with Crippen LogP contribution in [0, 0.1) is 0 Å². The van der Waals surface area contributed by atoms with E-state index in [0.29, 0.717) is 18.1 Å². The number of nitrogens with zero attached hydrogens (tertiary/aromatic N) is 2. The highest BCUT2D eigenvalue weighted by atomic mass is 79.9. The summed E-state index contributed by atoms with van der Waals surface area (Å²) in [5.41, 5.74) is 2.40. The third-order valence-electron chi connectivity index (χ3n) is 5.07. The van der Waals surface area contributed by atoms with E-state index in [9.17, 15) is 9.59 Å². The molecule has 1 atom stereocenters. The van der Waals surface area contributed by atoms with Crippen LogP contribution < -0.4 is 4.84 Å². The second-order valence-electron chi connectivity index (χ2n) is 7.57. The van der Waals surface area contributed by atoms with Crippen LogP contribution in [0.15, 0.2) is 65.3 Å². The van der Waals surface area contributed by atoms with Crippen molar-refractivity contribution in [3.8, 4) is 5.75 Å². The SMILES string of the molecule is CCCC(CCN(CC)Oc1ccc2cn[nH]c2c1)c1ccc(Br)cc1.O=C(O)C=CC(=O)O. The lowest BCUT2D eigenvalue weighted by Gasteiger charge is -2.24. The van der Waals surface area contributed by atoms with Gasteiger partial charge in [0.15, 0.2) is 0 Å². The molecule has 0 aliphatic heterocycles. The summed E-state index contributed by atoms with van der Waals surface area (Å²) in [6.07, 6.45) is 6.40. The summed E-state index contributed by atoms with van der Waals surface area (Å²) in [7, 11) is 0. The molecule has 0 aliphatic rings. The average molecular weight is 532 g/mol.